The van der Waals surface area contributed by atoms with Crippen LogP contribution in [-0.2, 0) is 4.79 Å². The van der Waals surface area contributed by atoms with E-state index < -0.39 is 23.7 Å². The zero-order valence-corrected chi connectivity index (χ0v) is 14.2. The summed E-state index contributed by atoms with van der Waals surface area (Å²) < 4.78 is 10.6. The molecule has 0 radical (unpaired) electrons. The lowest BCUT2D eigenvalue weighted by Gasteiger charge is -2.15. The van der Waals surface area contributed by atoms with Crippen molar-refractivity contribution in [3.63, 3.8) is 0 Å². The number of ether oxygens (including phenoxy) is 1. The molecule has 1 aromatic carbocycles. The fourth-order valence-corrected chi connectivity index (χ4v) is 2.28. The van der Waals surface area contributed by atoms with Crippen LogP contribution in [0.1, 0.15) is 19.4 Å². The molecule has 2 aromatic rings. The van der Waals surface area contributed by atoms with Gasteiger partial charge in [0.25, 0.3) is 5.91 Å². The van der Waals surface area contributed by atoms with E-state index in [9.17, 15) is 14.4 Å². The molecule has 3 amide bonds. The number of urea groups is 1. The molecule has 1 atom stereocenters. The number of hydrogen-bond acceptors (Lipinski definition) is 5. The molecule has 0 aliphatic carbocycles. The maximum atomic E-state index is 11.9. The zero-order valence-electron chi connectivity index (χ0n) is 13.4. The summed E-state index contributed by atoms with van der Waals surface area (Å²) in [6.45, 7) is 5.36. The Morgan fingerprint density at radius 3 is 2.71 bits per heavy atom. The lowest BCUT2D eigenvalue weighted by molar-refractivity contribution is -0.126. The van der Waals surface area contributed by atoms with Crippen LogP contribution in [0.4, 0.5) is 4.79 Å². The number of nitrogens with one attached hydrogen (secondary N) is 2. The smallest absolute Gasteiger partial charge is 0.336 e. The summed E-state index contributed by atoms with van der Waals surface area (Å²) in [6, 6.07) is 3.80. The second-order valence-corrected chi connectivity index (χ2v) is 5.54. The van der Waals surface area contributed by atoms with E-state index in [0.29, 0.717) is 17.5 Å². The molecule has 0 saturated carbocycles. The summed E-state index contributed by atoms with van der Waals surface area (Å²) in [5.41, 5.74) is 0.530. The summed E-state index contributed by atoms with van der Waals surface area (Å²) in [5.74, 6) is -0.445. The van der Waals surface area contributed by atoms with Crippen molar-refractivity contribution >= 4 is 34.5 Å². The maximum absolute atomic E-state index is 11.9. The highest BCUT2D eigenvalue weighted by atomic mass is 35.5. The highest BCUT2D eigenvalue weighted by molar-refractivity contribution is 6.32. The van der Waals surface area contributed by atoms with Gasteiger partial charge in [0.15, 0.2) is 6.10 Å². The second-order valence-electron chi connectivity index (χ2n) is 5.14. The lowest BCUT2D eigenvalue weighted by Crippen LogP contribution is -2.45. The lowest BCUT2D eigenvalue weighted by atomic mass is 10.1. The zero-order chi connectivity index (χ0) is 17.9. The van der Waals surface area contributed by atoms with Gasteiger partial charge in [-0.25, -0.2) is 9.59 Å². The molecule has 0 spiro atoms. The van der Waals surface area contributed by atoms with Crippen LogP contribution in [0.15, 0.2) is 27.4 Å². The van der Waals surface area contributed by atoms with Gasteiger partial charge in [-0.2, -0.15) is 0 Å². The molecule has 0 aliphatic rings. The van der Waals surface area contributed by atoms with Crippen molar-refractivity contribution in [2.75, 3.05) is 6.54 Å². The molecule has 2 N–H and O–H groups in total. The summed E-state index contributed by atoms with van der Waals surface area (Å²) in [6.07, 6.45) is -0.973. The van der Waals surface area contributed by atoms with Crippen LogP contribution in [0, 0.1) is 6.92 Å². The number of carbonyl (C=O) groups excluding carboxylic acids is 2. The third-order valence-corrected chi connectivity index (χ3v) is 3.55. The van der Waals surface area contributed by atoms with Crippen LogP contribution in [0.5, 0.6) is 5.75 Å². The first-order chi connectivity index (χ1) is 11.3. The predicted octanol–water partition coefficient (Wildman–Crippen LogP) is 2.37. The van der Waals surface area contributed by atoms with Crippen LogP contribution in [0.2, 0.25) is 5.02 Å². The topological polar surface area (TPSA) is 97.6 Å². The number of imide groups is 1. The fourth-order valence-electron chi connectivity index (χ4n) is 2.07. The predicted molar refractivity (Wildman–Crippen MR) is 89.5 cm³/mol. The van der Waals surface area contributed by atoms with Crippen molar-refractivity contribution in [3.05, 3.63) is 39.2 Å². The number of benzene rings is 1. The molecule has 1 unspecified atom stereocenters. The fraction of sp³-hybridized carbons (Fsp3) is 0.312. The Hall–Kier alpha value is -2.54. The Bertz CT molecular complexity index is 846. The number of halogens is 1. The Labute approximate surface area is 142 Å². The quantitative estimate of drug-likeness (QED) is 0.823. The third kappa shape index (κ3) is 4.05. The van der Waals surface area contributed by atoms with Crippen LogP contribution in [0.25, 0.3) is 11.0 Å². The summed E-state index contributed by atoms with van der Waals surface area (Å²) in [5, 5.41) is 5.52. The first-order valence-electron chi connectivity index (χ1n) is 7.31. The minimum absolute atomic E-state index is 0.177. The normalized spacial score (nSPS) is 11.8. The highest BCUT2D eigenvalue weighted by Crippen LogP contribution is 2.31. The van der Waals surface area contributed by atoms with E-state index in [1.807, 2.05) is 0 Å². The van der Waals surface area contributed by atoms with Gasteiger partial charge in [0.05, 0.1) is 5.02 Å². The SMILES string of the molecule is CCNC(=O)NC(=O)C(C)Oc1cc2oc(=O)cc(C)c2cc1Cl. The molecule has 2 rings (SSSR count). The largest absolute Gasteiger partial charge is 0.479 e. The summed E-state index contributed by atoms with van der Waals surface area (Å²) >= 11 is 6.16. The van der Waals surface area contributed by atoms with E-state index in [0.717, 1.165) is 5.56 Å². The Morgan fingerprint density at radius 2 is 2.04 bits per heavy atom. The van der Waals surface area contributed by atoms with Gasteiger partial charge in [-0.15, -0.1) is 0 Å². The monoisotopic (exact) mass is 352 g/mol. The van der Waals surface area contributed by atoms with Gasteiger partial charge < -0.3 is 14.5 Å². The minimum atomic E-state index is -0.973. The van der Waals surface area contributed by atoms with Gasteiger partial charge in [0.2, 0.25) is 0 Å². The average Bonchev–Trinajstić information content (AvgIpc) is 2.49. The molecule has 0 aliphatic heterocycles. The van der Waals surface area contributed by atoms with Gasteiger partial charge in [0, 0.05) is 24.1 Å². The molecule has 24 heavy (non-hydrogen) atoms. The first kappa shape index (κ1) is 17.8. The molecule has 1 aromatic heterocycles. The van der Waals surface area contributed by atoms with Crippen LogP contribution in [-0.4, -0.2) is 24.6 Å². The van der Waals surface area contributed by atoms with Crippen molar-refractivity contribution in [2.24, 2.45) is 0 Å². The highest BCUT2D eigenvalue weighted by Gasteiger charge is 2.19. The molecular weight excluding hydrogens is 336 g/mol. The first-order valence-corrected chi connectivity index (χ1v) is 7.69. The van der Waals surface area contributed by atoms with Crippen molar-refractivity contribution in [1.29, 1.82) is 0 Å². The Balaban J connectivity index is 2.23. The van der Waals surface area contributed by atoms with Gasteiger partial charge in [0.1, 0.15) is 11.3 Å². The molecule has 128 valence electrons. The maximum Gasteiger partial charge on any atom is 0.336 e. The number of hydrogen-bond donors (Lipinski definition) is 2. The molecule has 0 saturated heterocycles. The van der Waals surface area contributed by atoms with Crippen molar-refractivity contribution in [2.45, 2.75) is 26.9 Å². The van der Waals surface area contributed by atoms with Crippen molar-refractivity contribution in [1.82, 2.24) is 10.6 Å². The average molecular weight is 353 g/mol. The van der Waals surface area contributed by atoms with E-state index >= 15 is 0 Å². The number of amides is 3. The number of fused-ring (bicyclic) bond motifs is 1. The van der Waals surface area contributed by atoms with Crippen LogP contribution in [0.3, 0.4) is 0 Å². The molecule has 0 bridgehead atoms. The second kappa shape index (κ2) is 7.35. The van der Waals surface area contributed by atoms with E-state index in [1.54, 1.807) is 19.9 Å². The van der Waals surface area contributed by atoms with E-state index in [1.165, 1.54) is 19.1 Å². The molecule has 0 fully saturated rings. The van der Waals surface area contributed by atoms with Gasteiger partial charge >= 0.3 is 11.7 Å². The van der Waals surface area contributed by atoms with E-state index in [2.05, 4.69) is 10.6 Å². The van der Waals surface area contributed by atoms with Gasteiger partial charge in [-0.05, 0) is 32.4 Å². The number of rotatable bonds is 4. The third-order valence-electron chi connectivity index (χ3n) is 3.25. The van der Waals surface area contributed by atoms with E-state index in [-0.39, 0.29) is 10.8 Å². The standard InChI is InChI=1S/C16H17ClN2O5/c1-4-18-16(22)19-15(21)9(3)23-13-7-12-10(6-11(13)17)8(2)5-14(20)24-12/h5-7,9H,4H2,1-3H3,(H2,18,19,21,22). The van der Waals surface area contributed by atoms with Crippen LogP contribution < -0.4 is 21.0 Å². The number of carbonyl (C=O) groups is 2. The van der Waals surface area contributed by atoms with Gasteiger partial charge in [-0.1, -0.05) is 11.6 Å². The minimum Gasteiger partial charge on any atom is -0.479 e. The molecular formula is C16H17ClN2O5. The number of aryl methyl sites for hydroxylation is 1. The van der Waals surface area contributed by atoms with E-state index in [4.69, 9.17) is 20.8 Å². The van der Waals surface area contributed by atoms with Gasteiger partial charge in [-0.3, -0.25) is 10.1 Å². The Morgan fingerprint density at radius 1 is 1.33 bits per heavy atom. The molecule has 8 heteroatoms. The van der Waals surface area contributed by atoms with Crippen molar-refractivity contribution in [3.8, 4) is 5.75 Å². The molecule has 1 heterocycles. The Kier molecular flexibility index (Phi) is 5.46. The van der Waals surface area contributed by atoms with Crippen molar-refractivity contribution < 1.29 is 18.7 Å². The molecule has 7 nitrogen and oxygen atoms in total. The summed E-state index contributed by atoms with van der Waals surface area (Å²) in [7, 11) is 0. The summed E-state index contributed by atoms with van der Waals surface area (Å²) in [4.78, 5) is 34.7. The van der Waals surface area contributed by atoms with Crippen LogP contribution >= 0.6 is 11.6 Å².